The summed E-state index contributed by atoms with van der Waals surface area (Å²) in [4.78, 5) is 0. The molecule has 3 N–H and O–H groups in total. The minimum Gasteiger partial charge on any atom is -0.396 e. The smallest absolute Gasteiger partial charge is 0.129 e. The lowest BCUT2D eigenvalue weighted by molar-refractivity contribution is 0.0721. The molecule has 0 bridgehead atoms. The largest absolute Gasteiger partial charge is 0.396 e. The average molecular weight is 374 g/mol. The average Bonchev–Trinajstić information content (AvgIpc) is 3.18. The fourth-order valence-corrected chi connectivity index (χ4v) is 3.95. The quantitative estimate of drug-likeness (QED) is 0.695. The molecule has 0 saturated heterocycles. The van der Waals surface area contributed by atoms with Gasteiger partial charge in [-0.1, -0.05) is 0 Å². The van der Waals surface area contributed by atoms with Gasteiger partial charge < -0.3 is 15.5 Å². The zero-order valence-electron chi connectivity index (χ0n) is 16.3. The highest BCUT2D eigenvalue weighted by Gasteiger charge is 2.30. The van der Waals surface area contributed by atoms with Gasteiger partial charge >= 0.3 is 0 Å². The second-order valence-electron chi connectivity index (χ2n) is 8.71. The van der Waals surface area contributed by atoms with Crippen LogP contribution in [0, 0.1) is 11.8 Å². The monoisotopic (exact) mass is 373 g/mol. The lowest BCUT2D eigenvalue weighted by Crippen LogP contribution is -2.22. The molecular formula is C20H31N5O2. The molecule has 4 rings (SSSR count). The van der Waals surface area contributed by atoms with Crippen LogP contribution in [0.2, 0.25) is 0 Å². The normalized spacial score (nSPS) is 23.6. The number of aromatic nitrogens is 4. The van der Waals surface area contributed by atoms with Crippen LogP contribution < -0.4 is 5.32 Å². The third-order valence-electron chi connectivity index (χ3n) is 5.88. The van der Waals surface area contributed by atoms with Crippen molar-refractivity contribution < 1.29 is 10.2 Å². The Morgan fingerprint density at radius 1 is 1.15 bits per heavy atom. The maximum absolute atomic E-state index is 10.7. The van der Waals surface area contributed by atoms with Gasteiger partial charge in [0.1, 0.15) is 22.8 Å². The van der Waals surface area contributed by atoms with E-state index < -0.39 is 5.60 Å². The summed E-state index contributed by atoms with van der Waals surface area (Å²) in [6.45, 7) is 4.78. The van der Waals surface area contributed by atoms with Gasteiger partial charge in [-0.05, 0) is 64.2 Å². The van der Waals surface area contributed by atoms with E-state index in [1.807, 2.05) is 21.6 Å². The first kappa shape index (κ1) is 18.5. The summed E-state index contributed by atoms with van der Waals surface area (Å²) < 4.78 is 3.86. The predicted molar refractivity (Wildman–Crippen MR) is 104 cm³/mol. The molecule has 0 unspecified atom stereocenters. The number of aliphatic hydroxyl groups excluding tert-OH is 1. The number of nitrogens with zero attached hydrogens (tertiary/aromatic N) is 4. The number of rotatable bonds is 7. The molecule has 2 aliphatic carbocycles. The molecule has 0 aliphatic heterocycles. The molecule has 7 heteroatoms. The van der Waals surface area contributed by atoms with Crippen LogP contribution >= 0.6 is 0 Å². The third-order valence-corrected chi connectivity index (χ3v) is 5.88. The van der Waals surface area contributed by atoms with Gasteiger partial charge in [-0.15, -0.1) is 0 Å². The lowest BCUT2D eigenvalue weighted by Gasteiger charge is -2.27. The molecular weight excluding hydrogens is 342 g/mol. The highest BCUT2D eigenvalue weighted by Crippen LogP contribution is 2.35. The van der Waals surface area contributed by atoms with Crippen molar-refractivity contribution >= 4 is 5.82 Å². The molecule has 2 aromatic heterocycles. The van der Waals surface area contributed by atoms with Gasteiger partial charge in [0.2, 0.25) is 0 Å². The summed E-state index contributed by atoms with van der Waals surface area (Å²) >= 11 is 0. The summed E-state index contributed by atoms with van der Waals surface area (Å²) in [7, 11) is 0. The lowest BCUT2D eigenvalue weighted by atomic mass is 9.87. The molecule has 0 spiro atoms. The number of hydrogen-bond acceptors (Lipinski definition) is 5. The molecule has 2 fully saturated rings. The maximum atomic E-state index is 10.7. The minimum atomic E-state index is -1.05. The molecule has 7 nitrogen and oxygen atoms in total. The summed E-state index contributed by atoms with van der Waals surface area (Å²) in [5.41, 5.74) is 0.419. The van der Waals surface area contributed by atoms with Gasteiger partial charge in [-0.3, -0.25) is 4.68 Å². The number of nitrogens with one attached hydrogen (secondary N) is 1. The fraction of sp³-hybridized carbons (Fsp3) is 0.700. The summed E-state index contributed by atoms with van der Waals surface area (Å²) in [6.07, 6.45) is 10.4. The van der Waals surface area contributed by atoms with Gasteiger partial charge in [0.05, 0.1) is 18.4 Å². The number of aliphatic hydroxyl groups is 2. The van der Waals surface area contributed by atoms with Gasteiger partial charge in [0.25, 0.3) is 0 Å². The summed E-state index contributed by atoms with van der Waals surface area (Å²) in [6, 6.07) is 2.28. The molecule has 2 heterocycles. The van der Waals surface area contributed by atoms with Crippen LogP contribution in [0.1, 0.15) is 64.1 Å². The highest BCUT2D eigenvalue weighted by molar-refractivity contribution is 5.47. The second-order valence-corrected chi connectivity index (χ2v) is 8.71. The van der Waals surface area contributed by atoms with Crippen molar-refractivity contribution in [3.8, 4) is 5.69 Å². The second kappa shape index (κ2) is 7.28. The zero-order chi connectivity index (χ0) is 19.0. The van der Waals surface area contributed by atoms with E-state index in [1.165, 1.54) is 12.8 Å². The first-order chi connectivity index (χ1) is 13.0. The number of hydrogen-bond donors (Lipinski definition) is 3. The van der Waals surface area contributed by atoms with E-state index in [-0.39, 0.29) is 6.61 Å². The minimum absolute atomic E-state index is 0.273. The topological polar surface area (TPSA) is 88.1 Å². The molecule has 148 valence electrons. The Morgan fingerprint density at radius 3 is 2.48 bits per heavy atom. The first-order valence-electron chi connectivity index (χ1n) is 10.2. The molecule has 0 aromatic carbocycles. The van der Waals surface area contributed by atoms with Gasteiger partial charge in [0, 0.05) is 19.2 Å². The van der Waals surface area contributed by atoms with Crippen molar-refractivity contribution in [1.82, 2.24) is 19.6 Å². The Morgan fingerprint density at radius 2 is 1.85 bits per heavy atom. The Balaban J connectivity index is 1.62. The van der Waals surface area contributed by atoms with Crippen LogP contribution in [-0.4, -0.2) is 42.9 Å². The molecule has 0 radical (unpaired) electrons. The first-order valence-corrected chi connectivity index (χ1v) is 10.2. The van der Waals surface area contributed by atoms with Crippen LogP contribution in [0.3, 0.4) is 0 Å². The van der Waals surface area contributed by atoms with Crippen LogP contribution in [0.15, 0.2) is 18.5 Å². The maximum Gasteiger partial charge on any atom is 0.129 e. The predicted octanol–water partition coefficient (Wildman–Crippen LogP) is 2.84. The Hall–Kier alpha value is -1.86. The summed E-state index contributed by atoms with van der Waals surface area (Å²) in [5.74, 6) is 2.12. The molecule has 2 saturated carbocycles. The summed E-state index contributed by atoms with van der Waals surface area (Å²) in [5, 5.41) is 32.9. The third kappa shape index (κ3) is 4.04. The standard InChI is InChI=1S/C20H31N5O2/c1-20(2,27)19-17(25-18(9-10-22-25)21-11-14-3-4-14)12-24(23-19)16-7-5-15(13-26)6-8-16/h9-10,12,14-16,21,26-27H,3-8,11,13H2,1-2H3. The van der Waals surface area contributed by atoms with Gasteiger partial charge in [0.15, 0.2) is 0 Å². The van der Waals surface area contributed by atoms with Gasteiger partial charge in [-0.25, -0.2) is 4.68 Å². The van der Waals surface area contributed by atoms with Gasteiger partial charge in [-0.2, -0.15) is 10.2 Å². The van der Waals surface area contributed by atoms with E-state index in [2.05, 4.69) is 10.4 Å². The molecule has 2 aromatic rings. The molecule has 0 amide bonds. The molecule has 27 heavy (non-hydrogen) atoms. The van der Waals surface area contributed by atoms with Crippen molar-refractivity contribution in [2.24, 2.45) is 11.8 Å². The van der Waals surface area contributed by atoms with Crippen molar-refractivity contribution in [3.05, 3.63) is 24.2 Å². The molecule has 0 atom stereocenters. The van der Waals surface area contributed by atoms with E-state index in [0.29, 0.717) is 17.7 Å². The van der Waals surface area contributed by atoms with E-state index in [4.69, 9.17) is 5.10 Å². The SMILES string of the molecule is CC(C)(O)c1nn(C2CCC(CO)CC2)cc1-n1nccc1NCC1CC1. The highest BCUT2D eigenvalue weighted by atomic mass is 16.3. The van der Waals surface area contributed by atoms with E-state index in [1.54, 1.807) is 20.0 Å². The Bertz CT molecular complexity index is 764. The van der Waals surface area contributed by atoms with Crippen LogP contribution in [0.5, 0.6) is 0 Å². The zero-order valence-corrected chi connectivity index (χ0v) is 16.3. The Kier molecular flexibility index (Phi) is 4.99. The van der Waals surface area contributed by atoms with E-state index in [0.717, 1.165) is 49.7 Å². The Labute approximate surface area is 160 Å². The van der Waals surface area contributed by atoms with Crippen molar-refractivity contribution in [2.45, 2.75) is 64.0 Å². The van der Waals surface area contributed by atoms with Crippen molar-refractivity contribution in [2.75, 3.05) is 18.5 Å². The number of anilines is 1. The van der Waals surface area contributed by atoms with E-state index >= 15 is 0 Å². The fourth-order valence-electron chi connectivity index (χ4n) is 3.95. The van der Waals surface area contributed by atoms with Crippen LogP contribution in [-0.2, 0) is 5.60 Å². The van der Waals surface area contributed by atoms with Crippen LogP contribution in [0.25, 0.3) is 5.69 Å². The van der Waals surface area contributed by atoms with Crippen molar-refractivity contribution in [3.63, 3.8) is 0 Å². The van der Waals surface area contributed by atoms with Crippen LogP contribution in [0.4, 0.5) is 5.82 Å². The molecule has 2 aliphatic rings. The van der Waals surface area contributed by atoms with Crippen molar-refractivity contribution in [1.29, 1.82) is 0 Å². The van der Waals surface area contributed by atoms with E-state index in [9.17, 15) is 10.2 Å².